The average molecular weight is 513 g/mol. The molecule has 8 nitrogen and oxygen atoms in total. The molecule has 8 heteroatoms. The van der Waals surface area contributed by atoms with Crippen LogP contribution in [0.25, 0.3) is 22.0 Å². The second-order valence-corrected chi connectivity index (χ2v) is 10.2. The van der Waals surface area contributed by atoms with Crippen molar-refractivity contribution in [3.63, 3.8) is 0 Å². The number of pyridine rings is 2. The van der Waals surface area contributed by atoms with Gasteiger partial charge in [-0.3, -0.25) is 9.59 Å². The van der Waals surface area contributed by atoms with Crippen LogP contribution >= 0.6 is 0 Å². The fourth-order valence-corrected chi connectivity index (χ4v) is 5.20. The Kier molecular flexibility index (Phi) is 7.33. The molecule has 1 saturated heterocycles. The number of H-pyrrole nitrogens is 1. The van der Waals surface area contributed by atoms with Gasteiger partial charge >= 0.3 is 0 Å². The van der Waals surface area contributed by atoms with Crippen LogP contribution in [0.5, 0.6) is 0 Å². The monoisotopic (exact) mass is 512 g/mol. The molecule has 0 spiro atoms. The Morgan fingerprint density at radius 3 is 2.58 bits per heavy atom. The molecule has 0 saturated carbocycles. The lowest BCUT2D eigenvalue weighted by Gasteiger charge is -2.28. The van der Waals surface area contributed by atoms with E-state index in [4.69, 9.17) is 4.98 Å². The number of anilines is 1. The van der Waals surface area contributed by atoms with Crippen molar-refractivity contribution in [1.29, 1.82) is 0 Å². The van der Waals surface area contributed by atoms with Crippen molar-refractivity contribution in [3.8, 4) is 11.1 Å². The molecule has 3 aromatic heterocycles. The van der Waals surface area contributed by atoms with E-state index in [2.05, 4.69) is 63.3 Å². The number of nitrogens with zero attached hydrogens (tertiary/aromatic N) is 3. The minimum Gasteiger partial charge on any atom is -0.354 e. The van der Waals surface area contributed by atoms with Gasteiger partial charge in [0.1, 0.15) is 5.82 Å². The van der Waals surface area contributed by atoms with E-state index in [0.29, 0.717) is 17.2 Å². The second kappa shape index (κ2) is 10.8. The minimum absolute atomic E-state index is 0.166. The maximum Gasteiger partial charge on any atom is 0.253 e. The van der Waals surface area contributed by atoms with E-state index < -0.39 is 0 Å². The Morgan fingerprint density at radius 2 is 1.89 bits per heavy atom. The first-order valence-corrected chi connectivity index (χ1v) is 13.4. The average Bonchev–Trinajstić information content (AvgIpc) is 3.36. The molecule has 38 heavy (non-hydrogen) atoms. The third-order valence-electron chi connectivity index (χ3n) is 7.59. The van der Waals surface area contributed by atoms with Crippen LogP contribution in [0.3, 0.4) is 0 Å². The number of aromatic nitrogens is 3. The smallest absolute Gasteiger partial charge is 0.253 e. The zero-order valence-electron chi connectivity index (χ0n) is 22.6. The number of piperazine rings is 1. The van der Waals surface area contributed by atoms with E-state index in [-0.39, 0.29) is 18.0 Å². The van der Waals surface area contributed by atoms with E-state index >= 15 is 0 Å². The molecule has 1 aliphatic rings. The van der Waals surface area contributed by atoms with Crippen molar-refractivity contribution in [1.82, 2.24) is 25.2 Å². The third-order valence-corrected chi connectivity index (χ3v) is 7.59. The predicted octanol–water partition coefficient (Wildman–Crippen LogP) is 4.32. The highest BCUT2D eigenvalue weighted by Crippen LogP contribution is 2.31. The first kappa shape index (κ1) is 25.7. The molecule has 5 rings (SSSR count). The van der Waals surface area contributed by atoms with E-state index in [1.807, 2.05) is 38.2 Å². The number of amides is 1. The van der Waals surface area contributed by atoms with E-state index in [1.54, 1.807) is 0 Å². The van der Waals surface area contributed by atoms with Crippen LogP contribution in [0.2, 0.25) is 0 Å². The van der Waals surface area contributed by atoms with E-state index in [0.717, 1.165) is 71.7 Å². The quantitative estimate of drug-likeness (QED) is 0.343. The zero-order chi connectivity index (χ0) is 26.8. The summed E-state index contributed by atoms with van der Waals surface area (Å²) in [7, 11) is 0. The van der Waals surface area contributed by atoms with Crippen molar-refractivity contribution in [2.75, 3.05) is 31.1 Å². The van der Waals surface area contributed by atoms with Crippen LogP contribution < -0.4 is 21.1 Å². The lowest BCUT2D eigenvalue weighted by molar-refractivity contribution is 0.0952. The molecular weight excluding hydrogens is 476 g/mol. The molecule has 1 atom stereocenters. The molecule has 0 bridgehead atoms. The number of hydrogen-bond donors (Lipinski definition) is 3. The highest BCUT2D eigenvalue weighted by Gasteiger charge is 2.18. The minimum atomic E-state index is -0.205. The van der Waals surface area contributed by atoms with Crippen LogP contribution in [-0.2, 0) is 6.54 Å². The van der Waals surface area contributed by atoms with Crippen molar-refractivity contribution in [2.24, 2.45) is 0 Å². The number of carbonyl (C=O) groups excluding carboxylic acids is 1. The summed E-state index contributed by atoms with van der Waals surface area (Å²) in [5, 5.41) is 7.26. The van der Waals surface area contributed by atoms with Crippen LogP contribution in [0.4, 0.5) is 5.82 Å². The summed E-state index contributed by atoms with van der Waals surface area (Å²) in [5.41, 5.74) is 5.58. The zero-order valence-corrected chi connectivity index (χ0v) is 22.6. The predicted molar refractivity (Wildman–Crippen MR) is 153 cm³/mol. The molecule has 4 heterocycles. The van der Waals surface area contributed by atoms with Crippen LogP contribution in [0, 0.1) is 13.8 Å². The van der Waals surface area contributed by atoms with Gasteiger partial charge in [-0.15, -0.1) is 0 Å². The molecule has 1 aliphatic heterocycles. The summed E-state index contributed by atoms with van der Waals surface area (Å²) < 4.78 is 2.23. The van der Waals surface area contributed by atoms with Gasteiger partial charge in [-0.2, -0.15) is 0 Å². The number of benzene rings is 1. The Morgan fingerprint density at radius 1 is 1.11 bits per heavy atom. The number of fused-ring (bicyclic) bond motifs is 1. The molecule has 1 unspecified atom stereocenters. The SMILES string of the molecule is CCC(C)n1ccc2c(C(=O)NCc3c(C)cc(C)[nH]c3=O)cc(-c3ccc(N4CCNCC4)nc3)cc21. The molecule has 4 aromatic rings. The summed E-state index contributed by atoms with van der Waals surface area (Å²) in [6.45, 7) is 12.0. The molecule has 0 radical (unpaired) electrons. The lowest BCUT2D eigenvalue weighted by atomic mass is 10.00. The van der Waals surface area contributed by atoms with E-state index in [1.165, 1.54) is 0 Å². The van der Waals surface area contributed by atoms with Gasteiger partial charge in [0.2, 0.25) is 0 Å². The van der Waals surface area contributed by atoms with Gasteiger partial charge in [0.25, 0.3) is 11.5 Å². The fourth-order valence-electron chi connectivity index (χ4n) is 5.20. The molecule has 1 fully saturated rings. The van der Waals surface area contributed by atoms with Gasteiger partial charge in [-0.05, 0) is 74.7 Å². The largest absolute Gasteiger partial charge is 0.354 e. The van der Waals surface area contributed by atoms with Gasteiger partial charge < -0.3 is 25.1 Å². The molecule has 198 valence electrons. The second-order valence-electron chi connectivity index (χ2n) is 10.2. The normalized spacial score (nSPS) is 14.6. The van der Waals surface area contributed by atoms with Gasteiger partial charge in [-0.1, -0.05) is 6.92 Å². The van der Waals surface area contributed by atoms with Gasteiger partial charge in [0.15, 0.2) is 0 Å². The molecule has 0 aliphatic carbocycles. The first-order chi connectivity index (χ1) is 18.4. The summed E-state index contributed by atoms with van der Waals surface area (Å²) in [6, 6.07) is 12.5. The Hall–Kier alpha value is -3.91. The summed E-state index contributed by atoms with van der Waals surface area (Å²) in [5.74, 6) is 0.763. The van der Waals surface area contributed by atoms with Crippen molar-refractivity contribution >= 4 is 22.6 Å². The number of carbonyl (C=O) groups is 1. The maximum absolute atomic E-state index is 13.6. The van der Waals surface area contributed by atoms with Gasteiger partial charge in [0.05, 0.1) is 0 Å². The highest BCUT2D eigenvalue weighted by molar-refractivity contribution is 6.08. The molecule has 1 aromatic carbocycles. The fraction of sp³-hybridized carbons (Fsp3) is 0.367. The van der Waals surface area contributed by atoms with Crippen LogP contribution in [-0.4, -0.2) is 46.6 Å². The molecule has 3 N–H and O–H groups in total. The summed E-state index contributed by atoms with van der Waals surface area (Å²) in [6.07, 6.45) is 4.93. The van der Waals surface area contributed by atoms with Crippen molar-refractivity contribution in [3.05, 3.63) is 81.5 Å². The highest BCUT2D eigenvalue weighted by atomic mass is 16.1. The Bertz CT molecular complexity index is 1510. The first-order valence-electron chi connectivity index (χ1n) is 13.4. The van der Waals surface area contributed by atoms with Crippen LogP contribution in [0.15, 0.2) is 53.6 Å². The third kappa shape index (κ3) is 5.09. The number of aryl methyl sites for hydroxylation is 2. The molecule has 1 amide bonds. The maximum atomic E-state index is 13.6. The Labute approximate surface area is 223 Å². The number of nitrogens with one attached hydrogen (secondary N) is 3. The summed E-state index contributed by atoms with van der Waals surface area (Å²) in [4.78, 5) is 35.9. The summed E-state index contributed by atoms with van der Waals surface area (Å²) >= 11 is 0. The Balaban J connectivity index is 1.50. The van der Waals surface area contributed by atoms with Crippen LogP contribution in [0.1, 0.15) is 53.5 Å². The number of hydrogen-bond acceptors (Lipinski definition) is 5. The topological polar surface area (TPSA) is 95.0 Å². The van der Waals surface area contributed by atoms with Crippen molar-refractivity contribution in [2.45, 2.75) is 46.7 Å². The van der Waals surface area contributed by atoms with Gasteiger partial charge in [-0.25, -0.2) is 4.98 Å². The van der Waals surface area contributed by atoms with Gasteiger partial charge in [0, 0.05) is 84.4 Å². The van der Waals surface area contributed by atoms with E-state index in [9.17, 15) is 9.59 Å². The standard InChI is InChI=1S/C30H36N6O2/c1-5-21(4)36-11-8-24-25(29(37)33-18-26-19(2)14-20(3)34-30(26)38)15-23(16-27(24)36)22-6-7-28(32-17-22)35-12-9-31-10-13-35/h6-8,11,14-17,21,31H,5,9-10,12-13,18H2,1-4H3,(H,33,37)(H,34,38). The number of aromatic amines is 1. The lowest BCUT2D eigenvalue weighted by Crippen LogP contribution is -2.43. The molecular formula is C30H36N6O2. The number of rotatable bonds is 7. The van der Waals surface area contributed by atoms with Crippen molar-refractivity contribution < 1.29 is 4.79 Å².